The number of para-hydroxylation sites is 1. The van der Waals surface area contributed by atoms with Gasteiger partial charge in [0.1, 0.15) is 0 Å². The molecule has 4 atom stereocenters. The van der Waals surface area contributed by atoms with E-state index in [1.807, 2.05) is 6.08 Å². The highest BCUT2D eigenvalue weighted by Gasteiger charge is 2.43. The van der Waals surface area contributed by atoms with Crippen molar-refractivity contribution in [1.29, 1.82) is 0 Å². The van der Waals surface area contributed by atoms with Crippen molar-refractivity contribution in [3.05, 3.63) is 48.2 Å². The molecule has 26 heavy (non-hydrogen) atoms. The van der Waals surface area contributed by atoms with Crippen LogP contribution in [0.2, 0.25) is 0 Å². The van der Waals surface area contributed by atoms with Gasteiger partial charge < -0.3 is 14.8 Å². The normalized spacial score (nSPS) is 26.8. The minimum absolute atomic E-state index is 0.0311. The van der Waals surface area contributed by atoms with Gasteiger partial charge in [0.25, 0.3) is 0 Å². The molecule has 0 spiro atoms. The number of rotatable bonds is 4. The molecule has 2 aliphatic rings. The van der Waals surface area contributed by atoms with E-state index < -0.39 is 5.92 Å². The summed E-state index contributed by atoms with van der Waals surface area (Å²) < 4.78 is 4.95. The fraction of sp³-hybridized carbons (Fsp3) is 0.476. The minimum Gasteiger partial charge on any atom is -0.469 e. The number of aromatic amines is 1. The van der Waals surface area contributed by atoms with Crippen molar-refractivity contribution in [2.75, 3.05) is 26.8 Å². The Hall–Kier alpha value is -2.11. The first-order valence-corrected chi connectivity index (χ1v) is 9.32. The molecule has 1 fully saturated rings. The van der Waals surface area contributed by atoms with Crippen LogP contribution in [-0.4, -0.2) is 47.8 Å². The number of H-pyrrole nitrogens is 1. The number of benzene rings is 1. The molecule has 0 aliphatic carbocycles. The summed E-state index contributed by atoms with van der Waals surface area (Å²) in [5.41, 5.74) is 3.84. The van der Waals surface area contributed by atoms with Crippen molar-refractivity contribution < 1.29 is 14.6 Å². The molecular weight excluding hydrogens is 328 g/mol. The third-order valence-electron chi connectivity index (χ3n) is 6.28. The van der Waals surface area contributed by atoms with Crippen molar-refractivity contribution in [3.63, 3.8) is 0 Å². The predicted molar refractivity (Wildman–Crippen MR) is 101 cm³/mol. The van der Waals surface area contributed by atoms with E-state index in [-0.39, 0.29) is 30.5 Å². The summed E-state index contributed by atoms with van der Waals surface area (Å²) in [7, 11) is 1.39. The van der Waals surface area contributed by atoms with Crippen molar-refractivity contribution in [2.45, 2.75) is 18.9 Å². The van der Waals surface area contributed by atoms with Crippen LogP contribution >= 0.6 is 0 Å². The molecule has 2 aliphatic heterocycles. The summed E-state index contributed by atoms with van der Waals surface area (Å²) in [5.74, 6) is -0.623. The smallest absolute Gasteiger partial charge is 0.311 e. The van der Waals surface area contributed by atoms with Gasteiger partial charge in [0.15, 0.2) is 0 Å². The number of carbonyl (C=O) groups excluding carboxylic acids is 1. The number of methoxy groups -OCH3 is 1. The lowest BCUT2D eigenvalue weighted by Gasteiger charge is -2.47. The van der Waals surface area contributed by atoms with Gasteiger partial charge in [-0.25, -0.2) is 0 Å². The molecule has 138 valence electrons. The fourth-order valence-corrected chi connectivity index (χ4v) is 4.94. The summed E-state index contributed by atoms with van der Waals surface area (Å²) in [6.45, 7) is 5.67. The predicted octanol–water partition coefficient (Wildman–Crippen LogP) is 2.67. The number of ether oxygens (including phenoxy) is 1. The second-order valence-electron chi connectivity index (χ2n) is 7.43. The molecule has 1 aromatic carbocycles. The van der Waals surface area contributed by atoms with Crippen molar-refractivity contribution in [3.8, 4) is 0 Å². The van der Waals surface area contributed by atoms with Crippen LogP contribution in [0.3, 0.4) is 0 Å². The van der Waals surface area contributed by atoms with Gasteiger partial charge in [0.2, 0.25) is 0 Å². The van der Waals surface area contributed by atoms with E-state index in [1.54, 1.807) is 0 Å². The zero-order valence-corrected chi connectivity index (χ0v) is 15.1. The number of esters is 1. The lowest BCUT2D eigenvalue weighted by Crippen LogP contribution is -2.48. The van der Waals surface area contributed by atoms with Gasteiger partial charge in [-0.1, -0.05) is 24.3 Å². The molecule has 0 saturated carbocycles. The number of carbonyl (C=O) groups is 1. The van der Waals surface area contributed by atoms with E-state index in [9.17, 15) is 9.90 Å². The van der Waals surface area contributed by atoms with Crippen LogP contribution in [0, 0.1) is 17.8 Å². The first-order chi connectivity index (χ1) is 12.7. The Morgan fingerprint density at radius 1 is 1.50 bits per heavy atom. The molecule has 3 heterocycles. The Morgan fingerprint density at radius 2 is 2.31 bits per heavy atom. The highest BCUT2D eigenvalue weighted by Crippen LogP contribution is 2.45. The zero-order valence-electron chi connectivity index (χ0n) is 15.1. The summed E-state index contributed by atoms with van der Waals surface area (Å²) >= 11 is 0. The van der Waals surface area contributed by atoms with Crippen molar-refractivity contribution >= 4 is 16.9 Å². The third-order valence-corrected chi connectivity index (χ3v) is 6.28. The maximum atomic E-state index is 12.2. The molecule has 5 heteroatoms. The number of piperidine rings is 1. The molecule has 0 amide bonds. The molecule has 0 unspecified atom stereocenters. The number of nitrogens with zero attached hydrogens (tertiary/aromatic N) is 1. The molecule has 2 N–H and O–H groups in total. The Labute approximate surface area is 153 Å². The number of aliphatic hydroxyl groups excluding tert-OH is 1. The van der Waals surface area contributed by atoms with Crippen LogP contribution in [0.25, 0.3) is 10.9 Å². The van der Waals surface area contributed by atoms with Crippen molar-refractivity contribution in [2.24, 2.45) is 17.8 Å². The number of aromatic nitrogens is 1. The SMILES string of the molecule is C=C[C@H]1CN2CCc3c([nH]c4ccccc34)[C@H]2C[C@@H]1[C@H](CO)C(=O)OC. The average molecular weight is 354 g/mol. The molecule has 0 radical (unpaired) electrons. The van der Waals surface area contributed by atoms with Gasteiger partial charge in [-0.05, 0) is 36.3 Å². The maximum Gasteiger partial charge on any atom is 0.311 e. The van der Waals surface area contributed by atoms with Crippen LogP contribution in [0.1, 0.15) is 23.7 Å². The molecule has 1 saturated heterocycles. The maximum absolute atomic E-state index is 12.2. The first-order valence-electron chi connectivity index (χ1n) is 9.32. The molecule has 5 nitrogen and oxygen atoms in total. The van der Waals surface area contributed by atoms with Gasteiger partial charge in [0, 0.05) is 29.7 Å². The van der Waals surface area contributed by atoms with Crippen LogP contribution in [-0.2, 0) is 16.0 Å². The summed E-state index contributed by atoms with van der Waals surface area (Å²) in [4.78, 5) is 18.3. The number of fused-ring (bicyclic) bond motifs is 5. The van der Waals surface area contributed by atoms with E-state index in [1.165, 1.54) is 29.3 Å². The van der Waals surface area contributed by atoms with E-state index in [2.05, 4.69) is 40.7 Å². The molecule has 4 rings (SSSR count). The van der Waals surface area contributed by atoms with Gasteiger partial charge >= 0.3 is 5.97 Å². The lowest BCUT2D eigenvalue weighted by molar-refractivity contribution is -0.151. The average Bonchev–Trinajstić information content (AvgIpc) is 3.07. The highest BCUT2D eigenvalue weighted by atomic mass is 16.5. The Kier molecular flexibility index (Phi) is 4.59. The molecular formula is C21H26N2O3. The zero-order chi connectivity index (χ0) is 18.3. The third kappa shape index (κ3) is 2.66. The van der Waals surface area contributed by atoms with Gasteiger partial charge in [-0.3, -0.25) is 9.69 Å². The summed E-state index contributed by atoms with van der Waals surface area (Å²) in [5, 5.41) is 11.1. The van der Waals surface area contributed by atoms with Crippen LogP contribution < -0.4 is 0 Å². The number of aliphatic hydroxyl groups is 1. The molecule has 2 aromatic rings. The first kappa shape index (κ1) is 17.3. The summed E-state index contributed by atoms with van der Waals surface area (Å²) in [6.07, 6.45) is 3.79. The largest absolute Gasteiger partial charge is 0.469 e. The Morgan fingerprint density at radius 3 is 3.04 bits per heavy atom. The van der Waals surface area contributed by atoms with Gasteiger partial charge in [-0.15, -0.1) is 6.58 Å². The minimum atomic E-state index is -0.500. The van der Waals surface area contributed by atoms with Crippen LogP contribution in [0.5, 0.6) is 0 Å². The second-order valence-corrected chi connectivity index (χ2v) is 7.43. The lowest BCUT2D eigenvalue weighted by atomic mass is 9.72. The Bertz CT molecular complexity index is 828. The van der Waals surface area contributed by atoms with E-state index in [0.29, 0.717) is 0 Å². The summed E-state index contributed by atoms with van der Waals surface area (Å²) in [6, 6.07) is 8.68. The molecule has 1 aromatic heterocycles. The monoisotopic (exact) mass is 354 g/mol. The topological polar surface area (TPSA) is 65.6 Å². The highest BCUT2D eigenvalue weighted by molar-refractivity contribution is 5.85. The number of hydrogen-bond donors (Lipinski definition) is 2. The number of hydrogen-bond acceptors (Lipinski definition) is 4. The van der Waals surface area contributed by atoms with Crippen LogP contribution in [0.4, 0.5) is 0 Å². The Balaban J connectivity index is 1.71. The van der Waals surface area contributed by atoms with E-state index >= 15 is 0 Å². The second kappa shape index (κ2) is 6.89. The van der Waals surface area contributed by atoms with E-state index in [0.717, 1.165) is 25.9 Å². The molecule has 0 bridgehead atoms. The standard InChI is InChI=1S/C21H26N2O3/c1-3-13-11-23-9-8-15-14-6-4-5-7-18(14)22-20(15)19(23)10-16(13)17(12-24)21(25)26-2/h3-7,13,16-17,19,22,24H,1,8-12H2,2H3/t13-,16-,17-,19+/m0/s1. The van der Waals surface area contributed by atoms with Gasteiger partial charge in [-0.2, -0.15) is 0 Å². The van der Waals surface area contributed by atoms with Crippen LogP contribution in [0.15, 0.2) is 36.9 Å². The van der Waals surface area contributed by atoms with E-state index in [4.69, 9.17) is 4.74 Å². The quantitative estimate of drug-likeness (QED) is 0.654. The fourth-order valence-electron chi connectivity index (χ4n) is 4.94. The number of nitrogens with one attached hydrogen (secondary N) is 1. The van der Waals surface area contributed by atoms with Crippen molar-refractivity contribution in [1.82, 2.24) is 9.88 Å². The van der Waals surface area contributed by atoms with Gasteiger partial charge in [0.05, 0.1) is 25.7 Å².